The van der Waals surface area contributed by atoms with Crippen LogP contribution in [0.25, 0.3) is 11.0 Å². The van der Waals surface area contributed by atoms with E-state index < -0.39 is 0 Å². The highest BCUT2D eigenvalue weighted by Crippen LogP contribution is 2.52. The van der Waals surface area contributed by atoms with E-state index in [1.807, 2.05) is 24.3 Å². The number of carbonyl (C=O) groups excluding carboxylic acids is 2. The SMILES string of the molecule is CN=C(NCCCN1C(=O)C2C3C=CC(C3)C2C1=O)NCCc1nc2ccccc2[nH]1. The van der Waals surface area contributed by atoms with Crippen molar-refractivity contribution in [1.29, 1.82) is 0 Å². The number of carbonyl (C=O) groups is 2. The average Bonchev–Trinajstić information content (AvgIpc) is 3.54. The topological polar surface area (TPSA) is 102 Å². The molecule has 2 heterocycles. The van der Waals surface area contributed by atoms with E-state index in [1.165, 1.54) is 4.90 Å². The Balaban J connectivity index is 1.05. The number of hydrogen-bond acceptors (Lipinski definition) is 4. The Morgan fingerprint density at radius 3 is 2.55 bits per heavy atom. The van der Waals surface area contributed by atoms with Gasteiger partial charge in [-0.2, -0.15) is 0 Å². The van der Waals surface area contributed by atoms with Crippen molar-refractivity contribution < 1.29 is 9.59 Å². The van der Waals surface area contributed by atoms with E-state index in [1.54, 1.807) is 7.05 Å². The van der Waals surface area contributed by atoms with Crippen LogP contribution < -0.4 is 10.6 Å². The van der Waals surface area contributed by atoms with E-state index in [2.05, 4.69) is 37.7 Å². The third-order valence-electron chi connectivity index (χ3n) is 6.73. The molecular formula is C23H28N6O2. The van der Waals surface area contributed by atoms with Crippen molar-refractivity contribution in [2.24, 2.45) is 28.7 Å². The minimum Gasteiger partial charge on any atom is -0.356 e. The molecule has 4 unspecified atom stereocenters. The van der Waals surface area contributed by atoms with Crippen molar-refractivity contribution in [2.75, 3.05) is 26.7 Å². The number of allylic oxidation sites excluding steroid dienone is 2. The molecule has 3 N–H and O–H groups in total. The lowest BCUT2D eigenvalue weighted by Gasteiger charge is -2.18. The van der Waals surface area contributed by atoms with Gasteiger partial charge in [0, 0.05) is 33.1 Å². The number of guanidine groups is 1. The fourth-order valence-corrected chi connectivity index (χ4v) is 5.27. The van der Waals surface area contributed by atoms with Gasteiger partial charge in [0.05, 0.1) is 22.9 Å². The molecule has 5 rings (SSSR count). The number of amides is 2. The summed E-state index contributed by atoms with van der Waals surface area (Å²) in [5, 5.41) is 6.55. The number of imide groups is 1. The number of para-hydroxylation sites is 2. The number of benzene rings is 1. The van der Waals surface area contributed by atoms with Crippen LogP contribution >= 0.6 is 0 Å². The second kappa shape index (κ2) is 8.17. The number of aromatic amines is 1. The second-order valence-electron chi connectivity index (χ2n) is 8.56. The maximum atomic E-state index is 12.7. The van der Waals surface area contributed by atoms with Gasteiger partial charge in [-0.1, -0.05) is 24.3 Å². The number of likely N-dealkylation sites (tertiary alicyclic amines) is 1. The normalized spacial score (nSPS) is 26.9. The molecule has 0 radical (unpaired) electrons. The lowest BCUT2D eigenvalue weighted by Crippen LogP contribution is -2.40. The third-order valence-corrected chi connectivity index (χ3v) is 6.73. The molecule has 162 valence electrons. The number of imidazole rings is 1. The first-order valence-electron chi connectivity index (χ1n) is 11.1. The van der Waals surface area contributed by atoms with Crippen LogP contribution in [0, 0.1) is 23.7 Å². The Hall–Kier alpha value is -3.16. The summed E-state index contributed by atoms with van der Waals surface area (Å²) in [7, 11) is 1.73. The maximum absolute atomic E-state index is 12.7. The molecule has 0 spiro atoms. The van der Waals surface area contributed by atoms with Crippen LogP contribution in [0.2, 0.25) is 0 Å². The van der Waals surface area contributed by atoms with E-state index >= 15 is 0 Å². The molecule has 1 saturated heterocycles. The van der Waals surface area contributed by atoms with Crippen LogP contribution in [-0.4, -0.2) is 59.3 Å². The van der Waals surface area contributed by atoms with Gasteiger partial charge in [0.2, 0.25) is 11.8 Å². The largest absolute Gasteiger partial charge is 0.356 e. The van der Waals surface area contributed by atoms with Gasteiger partial charge in [0.1, 0.15) is 5.82 Å². The van der Waals surface area contributed by atoms with Gasteiger partial charge in [-0.3, -0.25) is 19.5 Å². The van der Waals surface area contributed by atoms with Crippen LogP contribution in [0.3, 0.4) is 0 Å². The van der Waals surface area contributed by atoms with Crippen LogP contribution in [0.15, 0.2) is 41.4 Å². The summed E-state index contributed by atoms with van der Waals surface area (Å²) >= 11 is 0. The van der Waals surface area contributed by atoms with E-state index in [0.29, 0.717) is 32.0 Å². The Labute approximate surface area is 181 Å². The molecule has 2 aliphatic carbocycles. The Kier molecular flexibility index (Phi) is 5.21. The summed E-state index contributed by atoms with van der Waals surface area (Å²) < 4.78 is 0. The Bertz CT molecular complexity index is 994. The summed E-state index contributed by atoms with van der Waals surface area (Å²) in [6, 6.07) is 7.98. The summed E-state index contributed by atoms with van der Waals surface area (Å²) in [6.45, 7) is 1.80. The van der Waals surface area contributed by atoms with Crippen molar-refractivity contribution in [2.45, 2.75) is 19.3 Å². The summed E-state index contributed by atoms with van der Waals surface area (Å²) in [5.74, 6) is 2.01. The van der Waals surface area contributed by atoms with Gasteiger partial charge in [-0.05, 0) is 36.8 Å². The number of aromatic nitrogens is 2. The predicted octanol–water partition coefficient (Wildman–Crippen LogP) is 1.47. The van der Waals surface area contributed by atoms with Gasteiger partial charge >= 0.3 is 0 Å². The zero-order valence-corrected chi connectivity index (χ0v) is 17.7. The quantitative estimate of drug-likeness (QED) is 0.207. The summed E-state index contributed by atoms with van der Waals surface area (Å²) in [6.07, 6.45) is 6.68. The van der Waals surface area contributed by atoms with Gasteiger partial charge < -0.3 is 15.6 Å². The van der Waals surface area contributed by atoms with Gasteiger partial charge in [-0.15, -0.1) is 0 Å². The Morgan fingerprint density at radius 1 is 1.13 bits per heavy atom. The first-order valence-corrected chi connectivity index (χ1v) is 11.1. The number of fused-ring (bicyclic) bond motifs is 6. The first kappa shape index (κ1) is 19.8. The highest BCUT2D eigenvalue weighted by Gasteiger charge is 2.58. The molecule has 31 heavy (non-hydrogen) atoms. The molecule has 2 aromatic rings. The molecule has 1 saturated carbocycles. The van der Waals surface area contributed by atoms with Crippen LogP contribution in [0.1, 0.15) is 18.7 Å². The number of aliphatic imine (C=N–C) groups is 1. The predicted molar refractivity (Wildman–Crippen MR) is 118 cm³/mol. The molecular weight excluding hydrogens is 392 g/mol. The van der Waals surface area contributed by atoms with E-state index in [4.69, 9.17) is 0 Å². The van der Waals surface area contributed by atoms with Gasteiger partial charge in [-0.25, -0.2) is 4.98 Å². The minimum atomic E-state index is -0.108. The number of H-pyrrole nitrogens is 1. The molecule has 2 bridgehead atoms. The molecule has 8 nitrogen and oxygen atoms in total. The van der Waals surface area contributed by atoms with Crippen molar-refractivity contribution in [3.63, 3.8) is 0 Å². The molecule has 4 atom stereocenters. The van der Waals surface area contributed by atoms with Crippen molar-refractivity contribution in [1.82, 2.24) is 25.5 Å². The fourth-order valence-electron chi connectivity index (χ4n) is 5.27. The zero-order valence-electron chi connectivity index (χ0n) is 17.7. The van der Waals surface area contributed by atoms with E-state index in [9.17, 15) is 9.59 Å². The Morgan fingerprint density at radius 2 is 1.84 bits per heavy atom. The number of nitrogens with zero attached hydrogens (tertiary/aromatic N) is 3. The standard InChI is InChI=1S/C23H28N6O2/c1-24-23(26-11-9-18-27-16-5-2-3-6-17(16)28-18)25-10-4-12-29-21(30)19-14-7-8-15(13-14)20(19)22(29)31/h2-3,5-8,14-15,19-20H,4,9-13H2,1H3,(H,27,28)(H2,24,25,26). The van der Waals surface area contributed by atoms with Crippen molar-refractivity contribution in [3.05, 3.63) is 42.2 Å². The average molecular weight is 421 g/mol. The smallest absolute Gasteiger partial charge is 0.233 e. The molecule has 2 amide bonds. The number of hydrogen-bond donors (Lipinski definition) is 3. The molecule has 2 fully saturated rings. The molecule has 1 aromatic carbocycles. The van der Waals surface area contributed by atoms with Gasteiger partial charge in [0.15, 0.2) is 5.96 Å². The van der Waals surface area contributed by atoms with Crippen molar-refractivity contribution in [3.8, 4) is 0 Å². The maximum Gasteiger partial charge on any atom is 0.233 e. The highest BCUT2D eigenvalue weighted by molar-refractivity contribution is 6.06. The molecule has 1 aliphatic heterocycles. The minimum absolute atomic E-state index is 0.0280. The summed E-state index contributed by atoms with van der Waals surface area (Å²) in [4.78, 5) is 39.1. The fraction of sp³-hybridized carbons (Fsp3) is 0.478. The van der Waals surface area contributed by atoms with Crippen LogP contribution in [0.5, 0.6) is 0 Å². The highest BCUT2D eigenvalue weighted by atomic mass is 16.2. The lowest BCUT2D eigenvalue weighted by molar-refractivity contribution is -0.140. The van der Waals surface area contributed by atoms with Crippen molar-refractivity contribution >= 4 is 28.8 Å². The second-order valence-corrected chi connectivity index (χ2v) is 8.56. The number of rotatable bonds is 7. The zero-order chi connectivity index (χ0) is 21.4. The van der Waals surface area contributed by atoms with E-state index in [-0.39, 0.29) is 35.5 Å². The molecule has 8 heteroatoms. The van der Waals surface area contributed by atoms with E-state index in [0.717, 1.165) is 29.7 Å². The first-order chi connectivity index (χ1) is 15.2. The van der Waals surface area contributed by atoms with Crippen LogP contribution in [-0.2, 0) is 16.0 Å². The molecule has 3 aliphatic rings. The monoisotopic (exact) mass is 420 g/mol. The molecule has 1 aromatic heterocycles. The lowest BCUT2D eigenvalue weighted by atomic mass is 9.85. The third kappa shape index (κ3) is 3.60. The van der Waals surface area contributed by atoms with Gasteiger partial charge in [0.25, 0.3) is 0 Å². The summed E-state index contributed by atoms with van der Waals surface area (Å²) in [5.41, 5.74) is 2.01. The number of nitrogens with one attached hydrogen (secondary N) is 3. The van der Waals surface area contributed by atoms with Crippen LogP contribution in [0.4, 0.5) is 0 Å².